The molecule has 1 amide bonds. The Kier molecular flexibility index (Phi) is 16.7. The molecule has 5 heteroatoms. The van der Waals surface area contributed by atoms with Crippen LogP contribution in [0.4, 0.5) is 5.82 Å². The van der Waals surface area contributed by atoms with Crippen LogP contribution in [0.5, 0.6) is 0 Å². The van der Waals surface area contributed by atoms with Crippen molar-refractivity contribution >= 4 is 12.2 Å². The van der Waals surface area contributed by atoms with Gasteiger partial charge < -0.3 is 16.8 Å². The lowest BCUT2D eigenvalue weighted by atomic mass is 9.90. The Morgan fingerprint density at radius 2 is 1.75 bits per heavy atom. The van der Waals surface area contributed by atoms with Gasteiger partial charge in [-0.15, -0.1) is 13.2 Å². The molecule has 2 atom stereocenters. The molecular formula is C31H50N4O. The van der Waals surface area contributed by atoms with E-state index in [1.807, 2.05) is 13.1 Å². The molecule has 0 spiro atoms. The smallest absolute Gasteiger partial charge is 0.207 e. The molecule has 1 saturated carbocycles. The highest BCUT2D eigenvalue weighted by atomic mass is 16.1. The van der Waals surface area contributed by atoms with Gasteiger partial charge in [-0.05, 0) is 98.2 Å². The van der Waals surface area contributed by atoms with Gasteiger partial charge in [-0.2, -0.15) is 0 Å². The van der Waals surface area contributed by atoms with Crippen LogP contribution < -0.4 is 16.8 Å². The third kappa shape index (κ3) is 11.1. The third-order valence-corrected chi connectivity index (χ3v) is 6.93. The van der Waals surface area contributed by atoms with Crippen LogP contribution in [-0.2, 0) is 17.6 Å². The Labute approximate surface area is 220 Å². The number of pyridine rings is 1. The summed E-state index contributed by atoms with van der Waals surface area (Å²) in [6.07, 6.45) is 12.3. The standard InChI is InChI=1S/C17H27N3O.C10H14.C2H5N.C2H4/c1-3-4-15-10-17(15,7-8-19-12-21)6-5-14-9-13(2)16(18)20-11-14;1-4-10-8(2)6-5-7-9(10)3;1-2-3;1-2/h9,11-12,15H,3-8,10H2,1-2H3,(H2,18,20)(H,19,21);5-7H,4H2,1-3H3;2H,1,3H2;1-2H2. The number of rotatable bonds is 10. The fraction of sp³-hybridized carbons (Fsp3) is 0.484. The van der Waals surface area contributed by atoms with E-state index in [0.717, 1.165) is 43.7 Å². The average molecular weight is 495 g/mol. The SMILES string of the molecule is C=C.C=CN.CCCC1CC1(CCNC=O)CCc1cnc(N)c(C)c1.CCc1c(C)cccc1C. The molecule has 1 aliphatic rings. The monoisotopic (exact) mass is 494 g/mol. The van der Waals surface area contributed by atoms with Gasteiger partial charge in [0.25, 0.3) is 0 Å². The maximum Gasteiger partial charge on any atom is 0.207 e. The Morgan fingerprint density at radius 1 is 1.14 bits per heavy atom. The average Bonchev–Trinajstić information content (AvgIpc) is 3.55. The topological polar surface area (TPSA) is 94.0 Å². The van der Waals surface area contributed by atoms with Crippen molar-refractivity contribution in [2.45, 2.75) is 79.6 Å². The summed E-state index contributed by atoms with van der Waals surface area (Å²) in [4.78, 5) is 14.7. The largest absolute Gasteiger partial charge is 0.405 e. The fourth-order valence-electron chi connectivity index (χ4n) is 4.89. The molecule has 1 fully saturated rings. The first kappa shape index (κ1) is 32.9. The maximum atomic E-state index is 10.4. The minimum atomic E-state index is 0.432. The number of nitrogens with two attached hydrogens (primary N) is 2. The van der Waals surface area contributed by atoms with Crippen LogP contribution in [0.3, 0.4) is 0 Å². The Bertz CT molecular complexity index is 891. The molecule has 2 unspecified atom stereocenters. The van der Waals surface area contributed by atoms with E-state index in [2.05, 4.69) is 87.7 Å². The second-order valence-corrected chi connectivity index (χ2v) is 9.38. The summed E-state index contributed by atoms with van der Waals surface area (Å²) in [6, 6.07) is 8.61. The predicted octanol–water partition coefficient (Wildman–Crippen LogP) is 6.60. The summed E-state index contributed by atoms with van der Waals surface area (Å²) >= 11 is 0. The summed E-state index contributed by atoms with van der Waals surface area (Å²) < 4.78 is 0. The van der Waals surface area contributed by atoms with Gasteiger partial charge >= 0.3 is 0 Å². The summed E-state index contributed by atoms with van der Waals surface area (Å²) in [7, 11) is 0. The Balaban J connectivity index is 0.000000679. The first-order valence-electron chi connectivity index (χ1n) is 13.0. The number of nitrogens with one attached hydrogen (secondary N) is 1. The quantitative estimate of drug-likeness (QED) is 0.197. The summed E-state index contributed by atoms with van der Waals surface area (Å²) in [5.74, 6) is 1.46. The first-order valence-corrected chi connectivity index (χ1v) is 13.0. The number of benzene rings is 1. The van der Waals surface area contributed by atoms with Crippen molar-refractivity contribution in [1.82, 2.24) is 10.3 Å². The molecule has 0 saturated heterocycles. The highest BCUT2D eigenvalue weighted by molar-refractivity contribution is 5.45. The van der Waals surface area contributed by atoms with Crippen molar-refractivity contribution in [3.8, 4) is 0 Å². The number of nitrogens with zero attached hydrogens (tertiary/aromatic N) is 1. The zero-order valence-corrected chi connectivity index (χ0v) is 23.4. The van der Waals surface area contributed by atoms with Gasteiger partial charge in [0.2, 0.25) is 6.41 Å². The minimum Gasteiger partial charge on any atom is -0.405 e. The second kappa shape index (κ2) is 18.2. The molecule has 0 bridgehead atoms. The van der Waals surface area contributed by atoms with E-state index in [9.17, 15) is 4.79 Å². The van der Waals surface area contributed by atoms with Crippen molar-refractivity contribution < 1.29 is 4.79 Å². The first-order chi connectivity index (χ1) is 17.3. The number of carbonyl (C=O) groups excluding carboxylic acids is 1. The molecule has 5 N–H and O–H groups in total. The fourth-order valence-corrected chi connectivity index (χ4v) is 4.89. The normalized spacial score (nSPS) is 17.1. The van der Waals surface area contributed by atoms with Crippen LogP contribution in [0.2, 0.25) is 0 Å². The molecule has 2 aromatic rings. The van der Waals surface area contributed by atoms with Crippen LogP contribution in [0, 0.1) is 32.1 Å². The number of amides is 1. The molecular weight excluding hydrogens is 444 g/mol. The zero-order valence-electron chi connectivity index (χ0n) is 23.4. The number of anilines is 1. The van der Waals surface area contributed by atoms with E-state index in [1.54, 1.807) is 0 Å². The minimum absolute atomic E-state index is 0.432. The highest BCUT2D eigenvalue weighted by Gasteiger charge is 2.51. The van der Waals surface area contributed by atoms with Gasteiger partial charge in [-0.3, -0.25) is 4.79 Å². The van der Waals surface area contributed by atoms with Gasteiger partial charge in [-0.1, -0.05) is 57.5 Å². The van der Waals surface area contributed by atoms with E-state index >= 15 is 0 Å². The molecule has 1 aromatic heterocycles. The highest BCUT2D eigenvalue weighted by Crippen LogP contribution is 2.60. The molecule has 3 rings (SSSR count). The summed E-state index contributed by atoms with van der Waals surface area (Å²) in [5.41, 5.74) is 17.5. The van der Waals surface area contributed by atoms with Gasteiger partial charge in [-0.25, -0.2) is 4.98 Å². The lowest BCUT2D eigenvalue weighted by Crippen LogP contribution is -2.18. The van der Waals surface area contributed by atoms with E-state index < -0.39 is 0 Å². The van der Waals surface area contributed by atoms with Crippen LogP contribution in [-0.4, -0.2) is 17.9 Å². The van der Waals surface area contributed by atoms with Crippen LogP contribution in [0.15, 0.2) is 56.4 Å². The second-order valence-electron chi connectivity index (χ2n) is 9.38. The van der Waals surface area contributed by atoms with E-state index in [-0.39, 0.29) is 0 Å². The van der Waals surface area contributed by atoms with Crippen molar-refractivity contribution in [2.24, 2.45) is 17.1 Å². The van der Waals surface area contributed by atoms with Gasteiger partial charge in [0.15, 0.2) is 0 Å². The van der Waals surface area contributed by atoms with E-state index in [0.29, 0.717) is 11.2 Å². The van der Waals surface area contributed by atoms with Crippen molar-refractivity contribution in [3.05, 3.63) is 84.2 Å². The van der Waals surface area contributed by atoms with Crippen molar-refractivity contribution in [2.75, 3.05) is 12.3 Å². The number of hydrogen-bond donors (Lipinski definition) is 3. The van der Waals surface area contributed by atoms with Gasteiger partial charge in [0, 0.05) is 12.7 Å². The van der Waals surface area contributed by atoms with Crippen LogP contribution >= 0.6 is 0 Å². The number of hydrogen-bond acceptors (Lipinski definition) is 4. The molecule has 0 aliphatic heterocycles. The lowest BCUT2D eigenvalue weighted by Gasteiger charge is -2.17. The Morgan fingerprint density at radius 3 is 2.22 bits per heavy atom. The number of nitrogen functional groups attached to an aromatic ring is 1. The maximum absolute atomic E-state index is 10.4. The zero-order chi connectivity index (χ0) is 27.6. The number of aryl methyl sites for hydroxylation is 4. The number of carbonyl (C=O) groups is 1. The molecule has 5 nitrogen and oxygen atoms in total. The summed E-state index contributed by atoms with van der Waals surface area (Å²) in [6.45, 7) is 20.7. The van der Waals surface area contributed by atoms with Crippen molar-refractivity contribution in [1.29, 1.82) is 0 Å². The van der Waals surface area contributed by atoms with E-state index in [1.165, 1.54) is 54.1 Å². The Hall–Kier alpha value is -3.08. The van der Waals surface area contributed by atoms with E-state index in [4.69, 9.17) is 5.73 Å². The molecule has 0 radical (unpaired) electrons. The summed E-state index contributed by atoms with van der Waals surface area (Å²) in [5, 5.41) is 2.81. The van der Waals surface area contributed by atoms with Crippen LogP contribution in [0.25, 0.3) is 0 Å². The van der Waals surface area contributed by atoms with Crippen molar-refractivity contribution in [3.63, 3.8) is 0 Å². The van der Waals surface area contributed by atoms with Gasteiger partial charge in [0.05, 0.1) is 0 Å². The third-order valence-electron chi connectivity index (χ3n) is 6.93. The molecule has 1 heterocycles. The molecule has 1 aromatic carbocycles. The van der Waals surface area contributed by atoms with Gasteiger partial charge in [0.1, 0.15) is 5.82 Å². The number of aromatic nitrogens is 1. The predicted molar refractivity (Wildman–Crippen MR) is 157 cm³/mol. The van der Waals surface area contributed by atoms with Crippen LogP contribution in [0.1, 0.15) is 73.8 Å². The molecule has 1 aliphatic carbocycles. The lowest BCUT2D eigenvalue weighted by molar-refractivity contribution is -0.109. The molecule has 36 heavy (non-hydrogen) atoms. The molecule has 200 valence electrons.